The lowest BCUT2D eigenvalue weighted by molar-refractivity contribution is -0.136. The molecule has 30 heavy (non-hydrogen) atoms. The summed E-state index contributed by atoms with van der Waals surface area (Å²) in [6, 6.07) is 0. The van der Waals surface area contributed by atoms with Crippen LogP contribution in [0, 0.1) is 5.92 Å². The molecule has 0 aromatic carbocycles. The van der Waals surface area contributed by atoms with Crippen molar-refractivity contribution < 1.29 is 19.1 Å². The van der Waals surface area contributed by atoms with Crippen LogP contribution in [-0.4, -0.2) is 65.5 Å². The van der Waals surface area contributed by atoms with E-state index in [2.05, 4.69) is 15.2 Å². The van der Waals surface area contributed by atoms with Gasteiger partial charge in [-0.25, -0.2) is 9.38 Å². The van der Waals surface area contributed by atoms with Gasteiger partial charge in [0.15, 0.2) is 5.96 Å². The molecule has 0 bridgehead atoms. The van der Waals surface area contributed by atoms with Crippen LogP contribution < -0.4 is 5.32 Å². The minimum atomic E-state index is -0.951. The molecule has 1 unspecified atom stereocenters. The lowest BCUT2D eigenvalue weighted by Gasteiger charge is -2.39. The number of nitrogens with zero attached hydrogens (tertiary/aromatic N) is 3. The summed E-state index contributed by atoms with van der Waals surface area (Å²) < 4.78 is 14.0. The number of fused-ring (bicyclic) bond motifs is 1. The van der Waals surface area contributed by atoms with Gasteiger partial charge in [-0.2, -0.15) is 0 Å². The van der Waals surface area contributed by atoms with Gasteiger partial charge >= 0.3 is 5.97 Å². The highest BCUT2D eigenvalue weighted by atomic mass is 19.1. The van der Waals surface area contributed by atoms with Gasteiger partial charge in [-0.1, -0.05) is 12.2 Å². The van der Waals surface area contributed by atoms with Crippen molar-refractivity contribution in [3.05, 3.63) is 58.6 Å². The summed E-state index contributed by atoms with van der Waals surface area (Å²) in [5.41, 5.74) is 2.58. The van der Waals surface area contributed by atoms with Crippen LogP contribution in [0.3, 0.4) is 0 Å². The number of aliphatic carboxylic acids is 1. The third-order valence-electron chi connectivity index (χ3n) is 5.95. The number of hydrogen-bond acceptors (Lipinski definition) is 5. The molecule has 4 rings (SSSR count). The minimum Gasteiger partial charge on any atom is -0.481 e. The van der Waals surface area contributed by atoms with E-state index in [1.165, 1.54) is 6.08 Å². The Bertz CT molecular complexity index is 949. The van der Waals surface area contributed by atoms with E-state index >= 15 is 0 Å². The van der Waals surface area contributed by atoms with E-state index in [0.29, 0.717) is 49.4 Å². The van der Waals surface area contributed by atoms with Gasteiger partial charge in [-0.3, -0.25) is 9.59 Å². The molecule has 0 saturated carbocycles. The number of aliphatic imine (C=N–C) groups is 1. The third-order valence-corrected chi connectivity index (χ3v) is 5.95. The van der Waals surface area contributed by atoms with Crippen molar-refractivity contribution in [1.82, 2.24) is 15.1 Å². The SMILES string of the molecule is CC1=C(C(=O)N2CCN(C3=NCC=CN3)CC2)C2CC(F)=CC=C2C=C1CC(=O)O. The van der Waals surface area contributed by atoms with Crippen LogP contribution in [0.5, 0.6) is 0 Å². The molecule has 2 aliphatic heterocycles. The average molecular weight is 412 g/mol. The van der Waals surface area contributed by atoms with Crippen molar-refractivity contribution in [1.29, 1.82) is 0 Å². The number of halogens is 1. The van der Waals surface area contributed by atoms with Gasteiger partial charge in [-0.15, -0.1) is 0 Å². The molecular weight excluding hydrogens is 387 g/mol. The largest absolute Gasteiger partial charge is 0.481 e. The van der Waals surface area contributed by atoms with Gasteiger partial charge in [0.25, 0.3) is 5.91 Å². The third kappa shape index (κ3) is 3.94. The molecule has 1 fully saturated rings. The van der Waals surface area contributed by atoms with E-state index in [-0.39, 0.29) is 30.5 Å². The molecule has 2 N–H and O–H groups in total. The maximum atomic E-state index is 14.0. The molecule has 1 saturated heterocycles. The van der Waals surface area contributed by atoms with Crippen LogP contribution in [0.15, 0.2) is 63.6 Å². The van der Waals surface area contributed by atoms with Crippen LogP contribution in [-0.2, 0) is 9.59 Å². The van der Waals surface area contributed by atoms with E-state index in [4.69, 9.17) is 0 Å². The van der Waals surface area contributed by atoms with Crippen LogP contribution >= 0.6 is 0 Å². The average Bonchev–Trinajstić information content (AvgIpc) is 2.75. The molecular formula is C22H25FN4O3. The van der Waals surface area contributed by atoms with Crippen LogP contribution in [0.1, 0.15) is 19.8 Å². The summed E-state index contributed by atoms with van der Waals surface area (Å²) in [5, 5.41) is 12.4. The monoisotopic (exact) mass is 412 g/mol. The van der Waals surface area contributed by atoms with Crippen molar-refractivity contribution in [2.45, 2.75) is 19.8 Å². The number of rotatable bonds is 3. The fourth-order valence-electron chi connectivity index (χ4n) is 4.35. The Kier molecular flexibility index (Phi) is 5.57. The van der Waals surface area contributed by atoms with E-state index in [1.807, 2.05) is 12.3 Å². The molecule has 0 aromatic heterocycles. The number of piperazine rings is 1. The second kappa shape index (κ2) is 8.30. The van der Waals surface area contributed by atoms with E-state index in [1.54, 1.807) is 24.0 Å². The van der Waals surface area contributed by atoms with Crippen molar-refractivity contribution >= 4 is 17.8 Å². The molecule has 2 aliphatic carbocycles. The number of carbonyl (C=O) groups is 2. The lowest BCUT2D eigenvalue weighted by atomic mass is 9.75. The number of carboxylic acid groups (broad SMARTS) is 1. The Morgan fingerprint density at radius 1 is 1.27 bits per heavy atom. The topological polar surface area (TPSA) is 85.2 Å². The van der Waals surface area contributed by atoms with Gasteiger partial charge in [0.1, 0.15) is 5.83 Å². The Morgan fingerprint density at radius 3 is 2.70 bits per heavy atom. The smallest absolute Gasteiger partial charge is 0.307 e. The van der Waals surface area contributed by atoms with Crippen molar-refractivity contribution in [3.63, 3.8) is 0 Å². The summed E-state index contributed by atoms with van der Waals surface area (Å²) in [6.45, 7) is 4.78. The first kappa shape index (κ1) is 20.1. The van der Waals surface area contributed by atoms with Gasteiger partial charge in [0, 0.05) is 50.3 Å². The predicted molar refractivity (Wildman–Crippen MR) is 111 cm³/mol. The number of hydrogen-bond donors (Lipinski definition) is 2. The van der Waals surface area contributed by atoms with Crippen LogP contribution in [0.25, 0.3) is 0 Å². The normalized spacial score (nSPS) is 23.7. The molecule has 1 amide bonds. The molecule has 0 aromatic rings. The first-order valence-electron chi connectivity index (χ1n) is 10.1. The number of guanidine groups is 1. The highest BCUT2D eigenvalue weighted by molar-refractivity contribution is 5.97. The lowest BCUT2D eigenvalue weighted by Crippen LogP contribution is -2.54. The summed E-state index contributed by atoms with van der Waals surface area (Å²) in [6.07, 6.45) is 8.63. The Hall–Kier alpha value is -3.16. The van der Waals surface area contributed by atoms with Crippen molar-refractivity contribution in [2.24, 2.45) is 10.9 Å². The summed E-state index contributed by atoms with van der Waals surface area (Å²) >= 11 is 0. The highest BCUT2D eigenvalue weighted by Crippen LogP contribution is 2.41. The van der Waals surface area contributed by atoms with E-state index in [0.717, 1.165) is 11.5 Å². The molecule has 0 spiro atoms. The molecule has 4 aliphatic rings. The molecule has 158 valence electrons. The number of amides is 1. The van der Waals surface area contributed by atoms with Gasteiger partial charge in [-0.05, 0) is 35.8 Å². The maximum Gasteiger partial charge on any atom is 0.307 e. The van der Waals surface area contributed by atoms with Crippen LogP contribution in [0.2, 0.25) is 0 Å². The van der Waals surface area contributed by atoms with Gasteiger partial charge in [0.2, 0.25) is 0 Å². The second-order valence-corrected chi connectivity index (χ2v) is 7.81. The molecule has 8 heteroatoms. The quantitative estimate of drug-likeness (QED) is 0.742. The van der Waals surface area contributed by atoms with Gasteiger partial charge in [0.05, 0.1) is 13.0 Å². The predicted octanol–water partition coefficient (Wildman–Crippen LogP) is 2.13. The molecule has 7 nitrogen and oxygen atoms in total. The highest BCUT2D eigenvalue weighted by Gasteiger charge is 2.36. The first-order valence-corrected chi connectivity index (χ1v) is 10.1. The zero-order chi connectivity index (χ0) is 21.3. The summed E-state index contributed by atoms with van der Waals surface area (Å²) in [7, 11) is 0. The molecule has 2 heterocycles. The fraction of sp³-hybridized carbons (Fsp3) is 0.409. The number of allylic oxidation sites excluding steroid dienone is 6. The molecule has 1 atom stereocenters. The zero-order valence-electron chi connectivity index (χ0n) is 16.9. The van der Waals surface area contributed by atoms with Crippen molar-refractivity contribution in [3.8, 4) is 0 Å². The maximum absolute atomic E-state index is 14.0. The number of nitrogens with one attached hydrogen (secondary N) is 1. The first-order chi connectivity index (χ1) is 14.4. The second-order valence-electron chi connectivity index (χ2n) is 7.81. The number of carboxylic acids is 1. The van der Waals surface area contributed by atoms with Crippen LogP contribution in [0.4, 0.5) is 4.39 Å². The minimum absolute atomic E-state index is 0.132. The fourth-order valence-corrected chi connectivity index (χ4v) is 4.35. The zero-order valence-corrected chi connectivity index (χ0v) is 16.9. The Morgan fingerprint density at radius 2 is 2.03 bits per heavy atom. The summed E-state index contributed by atoms with van der Waals surface area (Å²) in [5.74, 6) is -0.905. The van der Waals surface area contributed by atoms with Gasteiger partial charge < -0.3 is 20.2 Å². The van der Waals surface area contributed by atoms with E-state index < -0.39 is 5.97 Å². The Labute approximate surface area is 174 Å². The Balaban J connectivity index is 1.55. The number of carbonyl (C=O) groups excluding carboxylic acids is 1. The summed E-state index contributed by atoms with van der Waals surface area (Å²) in [4.78, 5) is 33.1. The molecule has 0 radical (unpaired) electrons. The standard InChI is InChI=1S/C22H25FN4O3/c1-14-16(12-19(28)29)11-15-3-4-17(23)13-18(15)20(14)21(30)26-7-9-27(10-8-26)22-24-5-2-6-25-22/h2-5,11,18H,6-10,12-13H2,1H3,(H,24,25)(H,28,29). The van der Waals surface area contributed by atoms with Crippen molar-refractivity contribution in [2.75, 3.05) is 32.7 Å². The van der Waals surface area contributed by atoms with E-state index in [9.17, 15) is 19.1 Å².